The van der Waals surface area contributed by atoms with E-state index >= 15 is 0 Å². The van der Waals surface area contributed by atoms with Gasteiger partial charge < -0.3 is 4.90 Å². The maximum Gasteiger partial charge on any atom is 0.234 e. The lowest BCUT2D eigenvalue weighted by Crippen LogP contribution is -2.27. The highest BCUT2D eigenvalue weighted by Gasteiger charge is 2.34. The lowest BCUT2D eigenvalue weighted by atomic mass is 10.3. The fourth-order valence-corrected chi connectivity index (χ4v) is 4.48. The zero-order valence-corrected chi connectivity index (χ0v) is 13.1. The first-order valence-corrected chi connectivity index (χ1v) is 8.31. The highest BCUT2D eigenvalue weighted by atomic mass is 35.5. The Hall–Kier alpha value is -1.11. The first kappa shape index (κ1) is 13.9. The van der Waals surface area contributed by atoms with Crippen molar-refractivity contribution in [2.45, 2.75) is 18.8 Å². The summed E-state index contributed by atoms with van der Waals surface area (Å²) < 4.78 is 0.745. The number of hydrogen-bond acceptors (Lipinski definition) is 5. The van der Waals surface area contributed by atoms with Gasteiger partial charge in [0.2, 0.25) is 5.91 Å². The van der Waals surface area contributed by atoms with E-state index in [2.05, 4.69) is 9.97 Å². The second-order valence-electron chi connectivity index (χ2n) is 4.48. The molecule has 1 aliphatic rings. The Morgan fingerprint density at radius 3 is 2.90 bits per heavy atom. The second kappa shape index (κ2) is 5.71. The Kier molecular flexibility index (Phi) is 3.96. The van der Waals surface area contributed by atoms with Gasteiger partial charge in [-0.05, 0) is 19.1 Å². The summed E-state index contributed by atoms with van der Waals surface area (Å²) in [6, 6.07) is 3.85. The number of rotatable bonds is 3. The molecule has 1 atom stereocenters. The quantitative estimate of drug-likeness (QED) is 0.869. The van der Waals surface area contributed by atoms with Gasteiger partial charge in [0.05, 0.1) is 34.2 Å². The van der Waals surface area contributed by atoms with Crippen molar-refractivity contribution in [3.8, 4) is 0 Å². The molecule has 3 rings (SSSR count). The number of aryl methyl sites for hydroxylation is 1. The van der Waals surface area contributed by atoms with Gasteiger partial charge >= 0.3 is 0 Å². The molecular formula is C13H12ClN3OS2. The van der Waals surface area contributed by atoms with Crippen molar-refractivity contribution in [3.05, 3.63) is 45.1 Å². The fourth-order valence-electron chi connectivity index (χ4n) is 2.00. The average Bonchev–Trinajstić information content (AvgIpc) is 3.00. The van der Waals surface area contributed by atoms with Crippen molar-refractivity contribution >= 4 is 40.6 Å². The van der Waals surface area contributed by atoms with E-state index in [1.807, 2.05) is 24.0 Å². The minimum atomic E-state index is 0.0307. The average molecular weight is 326 g/mol. The molecule has 2 aromatic rings. The van der Waals surface area contributed by atoms with Crippen molar-refractivity contribution in [3.63, 3.8) is 0 Å². The summed E-state index contributed by atoms with van der Waals surface area (Å²) in [6.07, 6.45) is 3.45. The summed E-state index contributed by atoms with van der Waals surface area (Å²) in [4.78, 5) is 23.6. The van der Waals surface area contributed by atoms with Crippen LogP contribution in [0.3, 0.4) is 0 Å². The van der Waals surface area contributed by atoms with Crippen molar-refractivity contribution in [2.24, 2.45) is 0 Å². The third-order valence-corrected chi connectivity index (χ3v) is 5.64. The Morgan fingerprint density at radius 1 is 1.40 bits per heavy atom. The maximum atomic E-state index is 12.1. The monoisotopic (exact) mass is 325 g/mol. The van der Waals surface area contributed by atoms with Crippen LogP contribution in [0, 0.1) is 6.92 Å². The second-order valence-corrected chi connectivity index (χ2v) is 7.29. The van der Waals surface area contributed by atoms with Crippen molar-refractivity contribution in [2.75, 3.05) is 5.75 Å². The minimum Gasteiger partial charge on any atom is -0.319 e. The van der Waals surface area contributed by atoms with Gasteiger partial charge in [0.1, 0.15) is 5.37 Å². The third kappa shape index (κ3) is 2.82. The van der Waals surface area contributed by atoms with Crippen LogP contribution in [0.1, 0.15) is 21.6 Å². The molecule has 1 unspecified atom stereocenters. The fraction of sp³-hybridized carbons (Fsp3) is 0.308. The van der Waals surface area contributed by atoms with Crippen molar-refractivity contribution < 1.29 is 4.79 Å². The molecule has 7 heteroatoms. The van der Waals surface area contributed by atoms with Gasteiger partial charge in [-0.1, -0.05) is 11.6 Å². The third-order valence-electron chi connectivity index (χ3n) is 2.97. The molecule has 0 saturated carbocycles. The SMILES string of the molecule is Cc1cnc(CN2C(=O)CSC2c2ccc(Cl)s2)cn1. The number of halogens is 1. The van der Waals surface area contributed by atoms with Crippen molar-refractivity contribution in [1.29, 1.82) is 0 Å². The predicted molar refractivity (Wildman–Crippen MR) is 81.8 cm³/mol. The summed E-state index contributed by atoms with van der Waals surface area (Å²) in [7, 11) is 0. The van der Waals surface area contributed by atoms with Gasteiger partial charge in [0, 0.05) is 11.1 Å². The molecule has 3 heterocycles. The van der Waals surface area contributed by atoms with Crippen molar-refractivity contribution in [1.82, 2.24) is 14.9 Å². The van der Waals surface area contributed by atoms with Crippen LogP contribution in [0.15, 0.2) is 24.5 Å². The van der Waals surface area contributed by atoms with E-state index in [0.717, 1.165) is 20.6 Å². The largest absolute Gasteiger partial charge is 0.319 e. The summed E-state index contributed by atoms with van der Waals surface area (Å²) >= 11 is 9.13. The molecule has 4 nitrogen and oxygen atoms in total. The van der Waals surface area contributed by atoms with E-state index in [4.69, 9.17) is 11.6 Å². The van der Waals surface area contributed by atoms with Gasteiger partial charge in [-0.25, -0.2) is 0 Å². The van der Waals surface area contributed by atoms with Gasteiger partial charge in [-0.2, -0.15) is 0 Å². The molecule has 0 radical (unpaired) electrons. The first-order chi connectivity index (χ1) is 9.63. The molecule has 1 fully saturated rings. The van der Waals surface area contributed by atoms with Crippen LogP contribution in [0.2, 0.25) is 4.34 Å². The van der Waals surface area contributed by atoms with Crippen LogP contribution >= 0.6 is 34.7 Å². The van der Waals surface area contributed by atoms with Crippen LogP contribution in [-0.4, -0.2) is 26.5 Å². The molecule has 1 aliphatic heterocycles. The molecule has 2 aromatic heterocycles. The number of thiophene rings is 1. The van der Waals surface area contributed by atoms with E-state index in [9.17, 15) is 4.79 Å². The first-order valence-electron chi connectivity index (χ1n) is 6.07. The molecule has 1 amide bonds. The van der Waals surface area contributed by atoms with E-state index < -0.39 is 0 Å². The Balaban J connectivity index is 1.82. The number of carbonyl (C=O) groups is 1. The highest BCUT2D eigenvalue weighted by molar-refractivity contribution is 8.00. The highest BCUT2D eigenvalue weighted by Crippen LogP contribution is 2.42. The lowest BCUT2D eigenvalue weighted by molar-refractivity contribution is -0.128. The van der Waals surface area contributed by atoms with Gasteiger partial charge in [0.25, 0.3) is 0 Å². The number of carbonyl (C=O) groups excluding carboxylic acids is 1. The number of aromatic nitrogens is 2. The lowest BCUT2D eigenvalue weighted by Gasteiger charge is -2.22. The zero-order valence-electron chi connectivity index (χ0n) is 10.7. The number of amides is 1. The predicted octanol–water partition coefficient (Wildman–Crippen LogP) is 3.27. The molecule has 0 spiro atoms. The summed E-state index contributed by atoms with van der Waals surface area (Å²) in [5.41, 5.74) is 1.68. The number of hydrogen-bond donors (Lipinski definition) is 0. The van der Waals surface area contributed by atoms with Crippen LogP contribution in [-0.2, 0) is 11.3 Å². The smallest absolute Gasteiger partial charge is 0.234 e. The molecule has 0 aliphatic carbocycles. The van der Waals surface area contributed by atoms with Gasteiger partial charge in [0.15, 0.2) is 0 Å². The molecule has 20 heavy (non-hydrogen) atoms. The van der Waals surface area contributed by atoms with Crippen LogP contribution in [0.4, 0.5) is 0 Å². The van der Waals surface area contributed by atoms with E-state index in [1.54, 1.807) is 24.2 Å². The Labute approximate surface area is 130 Å². The zero-order chi connectivity index (χ0) is 14.1. The van der Waals surface area contributed by atoms with E-state index in [1.165, 1.54) is 11.3 Å². The minimum absolute atomic E-state index is 0.0307. The molecule has 1 saturated heterocycles. The molecule has 104 valence electrons. The standard InChI is InChI=1S/C13H12ClN3OS2/c1-8-4-16-9(5-15-8)6-17-12(18)7-19-13(17)10-2-3-11(14)20-10/h2-5,13H,6-7H2,1H3. The van der Waals surface area contributed by atoms with Crippen LogP contribution in [0.25, 0.3) is 0 Å². The molecule has 0 bridgehead atoms. The van der Waals surface area contributed by atoms with E-state index in [-0.39, 0.29) is 11.3 Å². The van der Waals surface area contributed by atoms with Gasteiger partial charge in [-0.15, -0.1) is 23.1 Å². The number of nitrogens with zero attached hydrogens (tertiary/aromatic N) is 3. The van der Waals surface area contributed by atoms with Crippen LogP contribution < -0.4 is 0 Å². The summed E-state index contributed by atoms with van der Waals surface area (Å²) in [5.74, 6) is 0.631. The van der Waals surface area contributed by atoms with E-state index in [0.29, 0.717) is 12.3 Å². The molecular weight excluding hydrogens is 314 g/mol. The summed E-state index contributed by atoms with van der Waals surface area (Å²) in [5, 5.41) is 0.0307. The Bertz CT molecular complexity index is 629. The normalized spacial score (nSPS) is 18.8. The summed E-state index contributed by atoms with van der Waals surface area (Å²) in [6.45, 7) is 2.38. The van der Waals surface area contributed by atoms with Crippen LogP contribution in [0.5, 0.6) is 0 Å². The Morgan fingerprint density at radius 2 is 2.25 bits per heavy atom. The molecule has 0 aromatic carbocycles. The maximum absolute atomic E-state index is 12.1. The topological polar surface area (TPSA) is 46.1 Å². The number of thioether (sulfide) groups is 1. The van der Waals surface area contributed by atoms with Gasteiger partial charge in [-0.3, -0.25) is 14.8 Å². The molecule has 0 N–H and O–H groups in total.